The first kappa shape index (κ1) is 19.5. The Hall–Kier alpha value is -3.23. The van der Waals surface area contributed by atoms with Gasteiger partial charge in [0, 0.05) is 25.2 Å². The number of nitro groups is 1. The van der Waals surface area contributed by atoms with Crippen LogP contribution in [0.1, 0.15) is 40.2 Å². The van der Waals surface area contributed by atoms with Crippen molar-refractivity contribution in [2.24, 2.45) is 0 Å². The molecule has 148 valence electrons. The molecule has 28 heavy (non-hydrogen) atoms. The van der Waals surface area contributed by atoms with Crippen molar-refractivity contribution in [2.75, 3.05) is 13.1 Å². The van der Waals surface area contributed by atoms with Crippen molar-refractivity contribution in [1.82, 2.24) is 20.0 Å². The fourth-order valence-corrected chi connectivity index (χ4v) is 3.37. The smallest absolute Gasteiger partial charge is 0.312 e. The van der Waals surface area contributed by atoms with E-state index in [4.69, 9.17) is 0 Å². The van der Waals surface area contributed by atoms with Gasteiger partial charge in [-0.15, -0.1) is 0 Å². The summed E-state index contributed by atoms with van der Waals surface area (Å²) in [6.45, 7) is 4.94. The van der Waals surface area contributed by atoms with Gasteiger partial charge in [0.1, 0.15) is 17.9 Å². The highest BCUT2D eigenvalue weighted by molar-refractivity contribution is 5.94. The number of aryl methyl sites for hydroxylation is 1. The lowest BCUT2D eigenvalue weighted by atomic mass is 10.1. The van der Waals surface area contributed by atoms with E-state index in [-0.39, 0.29) is 29.7 Å². The van der Waals surface area contributed by atoms with E-state index in [0.717, 1.165) is 31.5 Å². The van der Waals surface area contributed by atoms with E-state index in [1.165, 1.54) is 4.68 Å². The van der Waals surface area contributed by atoms with Gasteiger partial charge in [-0.2, -0.15) is 5.10 Å². The van der Waals surface area contributed by atoms with Gasteiger partial charge in [-0.25, -0.2) is 0 Å². The number of rotatable bonds is 6. The molecule has 2 amide bonds. The van der Waals surface area contributed by atoms with Crippen molar-refractivity contribution in [2.45, 2.75) is 39.8 Å². The molecule has 9 heteroatoms. The van der Waals surface area contributed by atoms with Crippen LogP contribution in [0.15, 0.2) is 24.3 Å². The molecule has 0 aliphatic carbocycles. The van der Waals surface area contributed by atoms with Crippen molar-refractivity contribution in [3.8, 4) is 0 Å². The van der Waals surface area contributed by atoms with Gasteiger partial charge in [0.15, 0.2) is 0 Å². The van der Waals surface area contributed by atoms with Gasteiger partial charge in [0.05, 0.1) is 4.92 Å². The number of carbonyl (C=O) groups is 2. The standard InChI is InChI=1S/C19H23N5O4/c1-13-18(24(27)28)14(2)23(21-13)12-17(25)20-11-15-5-7-16(8-6-15)19(26)22-9-3-4-10-22/h5-8H,3-4,9-12H2,1-2H3,(H,20,25). The molecule has 0 saturated carbocycles. The second kappa shape index (κ2) is 8.20. The van der Waals surface area contributed by atoms with Gasteiger partial charge >= 0.3 is 5.69 Å². The average Bonchev–Trinajstić information content (AvgIpc) is 3.28. The van der Waals surface area contributed by atoms with Crippen LogP contribution in [-0.4, -0.2) is 44.5 Å². The quantitative estimate of drug-likeness (QED) is 0.604. The molecule has 1 aliphatic rings. The minimum absolute atomic E-state index is 0.0409. The van der Waals surface area contributed by atoms with E-state index < -0.39 is 4.92 Å². The molecule has 2 heterocycles. The van der Waals surface area contributed by atoms with E-state index in [2.05, 4.69) is 10.4 Å². The molecule has 1 aromatic heterocycles. The van der Waals surface area contributed by atoms with Gasteiger partial charge in [-0.3, -0.25) is 24.4 Å². The van der Waals surface area contributed by atoms with Crippen LogP contribution in [0.5, 0.6) is 0 Å². The Labute approximate surface area is 162 Å². The van der Waals surface area contributed by atoms with Crippen molar-refractivity contribution >= 4 is 17.5 Å². The first-order valence-electron chi connectivity index (χ1n) is 9.20. The highest BCUT2D eigenvalue weighted by atomic mass is 16.6. The number of amides is 2. The van der Waals surface area contributed by atoms with Crippen molar-refractivity contribution in [3.05, 3.63) is 56.9 Å². The third-order valence-corrected chi connectivity index (χ3v) is 4.90. The minimum atomic E-state index is -0.489. The Kier molecular flexibility index (Phi) is 5.72. The van der Waals surface area contributed by atoms with E-state index in [9.17, 15) is 19.7 Å². The number of benzene rings is 1. The molecule has 0 radical (unpaired) electrons. The maximum absolute atomic E-state index is 12.3. The van der Waals surface area contributed by atoms with Crippen LogP contribution in [0.25, 0.3) is 0 Å². The van der Waals surface area contributed by atoms with E-state index in [0.29, 0.717) is 17.8 Å². The van der Waals surface area contributed by atoms with E-state index in [1.54, 1.807) is 26.0 Å². The SMILES string of the molecule is Cc1nn(CC(=O)NCc2ccc(C(=O)N3CCCC3)cc2)c(C)c1[N+](=O)[O-]. The summed E-state index contributed by atoms with van der Waals surface area (Å²) in [7, 11) is 0. The Bertz CT molecular complexity index is 898. The Morgan fingerprint density at radius 2 is 1.82 bits per heavy atom. The molecule has 0 bridgehead atoms. The second-order valence-electron chi connectivity index (χ2n) is 6.91. The highest BCUT2D eigenvalue weighted by Crippen LogP contribution is 2.21. The average molecular weight is 385 g/mol. The number of aromatic nitrogens is 2. The highest BCUT2D eigenvalue weighted by Gasteiger charge is 2.23. The predicted molar refractivity (Wildman–Crippen MR) is 102 cm³/mol. The molecular formula is C19H23N5O4. The summed E-state index contributed by atoms with van der Waals surface area (Å²) in [6.07, 6.45) is 2.10. The maximum atomic E-state index is 12.3. The van der Waals surface area contributed by atoms with E-state index in [1.807, 2.05) is 17.0 Å². The number of nitrogens with one attached hydrogen (secondary N) is 1. The largest absolute Gasteiger partial charge is 0.350 e. The van der Waals surface area contributed by atoms with Crippen LogP contribution in [0, 0.1) is 24.0 Å². The lowest BCUT2D eigenvalue weighted by Gasteiger charge is -2.15. The summed E-state index contributed by atoms with van der Waals surface area (Å²) in [6, 6.07) is 7.18. The Morgan fingerprint density at radius 1 is 1.18 bits per heavy atom. The molecular weight excluding hydrogens is 362 g/mol. The second-order valence-corrected chi connectivity index (χ2v) is 6.91. The molecule has 1 fully saturated rings. The van der Waals surface area contributed by atoms with Crippen LogP contribution in [-0.2, 0) is 17.9 Å². The lowest BCUT2D eigenvalue weighted by molar-refractivity contribution is -0.386. The monoisotopic (exact) mass is 385 g/mol. The number of hydrogen-bond acceptors (Lipinski definition) is 5. The third-order valence-electron chi connectivity index (χ3n) is 4.90. The molecule has 1 saturated heterocycles. The summed E-state index contributed by atoms with van der Waals surface area (Å²) in [5.41, 5.74) is 2.08. The molecule has 0 unspecified atom stereocenters. The summed E-state index contributed by atoms with van der Waals surface area (Å²) < 4.78 is 1.33. The zero-order chi connectivity index (χ0) is 20.3. The molecule has 1 N–H and O–H groups in total. The molecule has 1 aromatic carbocycles. The number of hydrogen-bond donors (Lipinski definition) is 1. The fourth-order valence-electron chi connectivity index (χ4n) is 3.37. The summed E-state index contributed by atoms with van der Waals surface area (Å²) in [4.78, 5) is 36.9. The van der Waals surface area contributed by atoms with Crippen molar-refractivity contribution < 1.29 is 14.5 Å². The van der Waals surface area contributed by atoms with Crippen LogP contribution in [0.2, 0.25) is 0 Å². The fraction of sp³-hybridized carbons (Fsp3) is 0.421. The third kappa shape index (κ3) is 4.19. The first-order valence-corrected chi connectivity index (χ1v) is 9.20. The molecule has 9 nitrogen and oxygen atoms in total. The molecule has 0 spiro atoms. The van der Waals surface area contributed by atoms with Gasteiger partial charge in [0.2, 0.25) is 5.91 Å². The van der Waals surface area contributed by atoms with Crippen molar-refractivity contribution in [1.29, 1.82) is 0 Å². The normalized spacial score (nSPS) is 13.6. The van der Waals surface area contributed by atoms with Crippen LogP contribution in [0.3, 0.4) is 0 Å². The zero-order valence-electron chi connectivity index (χ0n) is 16.0. The summed E-state index contributed by atoms with van der Waals surface area (Å²) >= 11 is 0. The summed E-state index contributed by atoms with van der Waals surface area (Å²) in [5, 5.41) is 17.9. The van der Waals surface area contributed by atoms with E-state index >= 15 is 0 Å². The van der Waals surface area contributed by atoms with Crippen molar-refractivity contribution in [3.63, 3.8) is 0 Å². The molecule has 0 atom stereocenters. The Morgan fingerprint density at radius 3 is 2.39 bits per heavy atom. The molecule has 2 aromatic rings. The number of nitrogens with zero attached hydrogens (tertiary/aromatic N) is 4. The maximum Gasteiger partial charge on any atom is 0.312 e. The van der Waals surface area contributed by atoms with Gasteiger partial charge in [-0.1, -0.05) is 12.1 Å². The predicted octanol–water partition coefficient (Wildman–Crippen LogP) is 1.96. The first-order chi connectivity index (χ1) is 13.4. The molecule has 3 rings (SSSR count). The Balaban J connectivity index is 1.55. The zero-order valence-corrected chi connectivity index (χ0v) is 16.0. The van der Waals surface area contributed by atoms with Gasteiger partial charge in [-0.05, 0) is 44.4 Å². The van der Waals surface area contributed by atoms with Gasteiger partial charge < -0.3 is 10.2 Å². The van der Waals surface area contributed by atoms with Crippen LogP contribution >= 0.6 is 0 Å². The number of likely N-dealkylation sites (tertiary alicyclic amines) is 1. The topological polar surface area (TPSA) is 110 Å². The lowest BCUT2D eigenvalue weighted by Crippen LogP contribution is -2.28. The minimum Gasteiger partial charge on any atom is -0.350 e. The summed E-state index contributed by atoms with van der Waals surface area (Å²) in [5.74, 6) is -0.253. The number of carbonyl (C=O) groups excluding carboxylic acids is 2. The van der Waals surface area contributed by atoms with Crippen LogP contribution in [0.4, 0.5) is 5.69 Å². The molecule has 1 aliphatic heterocycles. The van der Waals surface area contributed by atoms with Crippen LogP contribution < -0.4 is 5.32 Å². The van der Waals surface area contributed by atoms with Gasteiger partial charge in [0.25, 0.3) is 5.91 Å².